The van der Waals surface area contributed by atoms with Gasteiger partial charge < -0.3 is 24.1 Å². The van der Waals surface area contributed by atoms with E-state index in [1.165, 1.54) is 0 Å². The number of rotatable bonds is 6. The van der Waals surface area contributed by atoms with Gasteiger partial charge in [0.05, 0.1) is 17.3 Å². The number of amides is 1. The molecule has 192 valence electrons. The monoisotopic (exact) mass is 514 g/mol. The smallest absolute Gasteiger partial charge is 0.410 e. The van der Waals surface area contributed by atoms with Crippen LogP contribution >= 0.6 is 11.6 Å². The maximum atomic E-state index is 12.4. The van der Waals surface area contributed by atoms with Crippen molar-refractivity contribution >= 4 is 35.1 Å². The average Bonchev–Trinajstić information content (AvgIpc) is 3.27. The van der Waals surface area contributed by atoms with Crippen LogP contribution in [0, 0.1) is 5.92 Å². The molecule has 0 bridgehead atoms. The Bertz CT molecular complexity index is 1250. The van der Waals surface area contributed by atoms with E-state index in [1.807, 2.05) is 20.8 Å². The maximum absolute atomic E-state index is 12.4. The number of carbonyl (C=O) groups excluding carboxylic acids is 2. The fourth-order valence-electron chi connectivity index (χ4n) is 4.02. The molecular weight excluding hydrogens is 484 g/mol. The van der Waals surface area contributed by atoms with Gasteiger partial charge in [-0.05, 0) is 52.5 Å². The van der Waals surface area contributed by atoms with Gasteiger partial charge >= 0.3 is 12.1 Å². The predicted octanol–water partition coefficient (Wildman–Crippen LogP) is 4.68. The van der Waals surface area contributed by atoms with Crippen molar-refractivity contribution < 1.29 is 19.1 Å². The van der Waals surface area contributed by atoms with Gasteiger partial charge in [0, 0.05) is 50.0 Å². The number of imidazole rings is 1. The maximum Gasteiger partial charge on any atom is 0.410 e. The first-order chi connectivity index (χ1) is 17.1. The second-order valence-corrected chi connectivity index (χ2v) is 10.1. The Hall–Kier alpha value is -3.40. The summed E-state index contributed by atoms with van der Waals surface area (Å²) in [5.41, 5.74) is 1.53. The molecule has 3 aromatic heterocycles. The van der Waals surface area contributed by atoms with Crippen LogP contribution in [0.3, 0.4) is 0 Å². The fraction of sp³-hybridized carbons (Fsp3) is 0.480. The van der Waals surface area contributed by atoms with Crippen LogP contribution in [0.25, 0.3) is 16.9 Å². The molecule has 1 aliphatic rings. The highest BCUT2D eigenvalue weighted by Crippen LogP contribution is 2.28. The number of piperidine rings is 1. The molecular formula is C25H31ClN6O4. The van der Waals surface area contributed by atoms with E-state index in [2.05, 4.69) is 15.3 Å². The Kier molecular flexibility index (Phi) is 7.63. The molecule has 0 saturated carbocycles. The molecule has 1 amide bonds. The van der Waals surface area contributed by atoms with Crippen LogP contribution in [-0.2, 0) is 9.47 Å². The number of halogens is 1. The number of fused-ring (bicyclic) bond motifs is 1. The molecule has 1 aliphatic heterocycles. The Labute approximate surface area is 215 Å². The zero-order valence-corrected chi connectivity index (χ0v) is 21.7. The third kappa shape index (κ3) is 6.04. The van der Waals surface area contributed by atoms with Crippen molar-refractivity contribution in [1.29, 1.82) is 0 Å². The lowest BCUT2D eigenvalue weighted by Crippen LogP contribution is -2.42. The minimum atomic E-state index is -0.512. The van der Waals surface area contributed by atoms with Gasteiger partial charge in [0.15, 0.2) is 17.2 Å². The zero-order valence-electron chi connectivity index (χ0n) is 21.0. The summed E-state index contributed by atoms with van der Waals surface area (Å²) < 4.78 is 12.4. The number of hydrogen-bond acceptors (Lipinski definition) is 8. The summed E-state index contributed by atoms with van der Waals surface area (Å²) in [5, 5.41) is 3.88. The summed E-state index contributed by atoms with van der Waals surface area (Å²) in [6, 6.07) is 1.79. The van der Waals surface area contributed by atoms with Gasteiger partial charge in [-0.25, -0.2) is 19.6 Å². The van der Waals surface area contributed by atoms with Gasteiger partial charge in [-0.15, -0.1) is 0 Å². The summed E-state index contributed by atoms with van der Waals surface area (Å²) in [4.78, 5) is 39.7. The molecule has 1 N–H and O–H groups in total. The second-order valence-electron chi connectivity index (χ2n) is 9.70. The van der Waals surface area contributed by atoms with Crippen LogP contribution in [-0.4, -0.2) is 68.2 Å². The number of aromatic nitrogens is 4. The highest BCUT2D eigenvalue weighted by molar-refractivity contribution is 6.33. The number of carbonyl (C=O) groups is 2. The van der Waals surface area contributed by atoms with Gasteiger partial charge in [0.1, 0.15) is 5.60 Å². The molecule has 0 spiro atoms. The van der Waals surface area contributed by atoms with Crippen molar-refractivity contribution in [2.75, 3.05) is 31.6 Å². The van der Waals surface area contributed by atoms with Crippen molar-refractivity contribution in [2.24, 2.45) is 5.92 Å². The van der Waals surface area contributed by atoms with Crippen molar-refractivity contribution in [1.82, 2.24) is 24.3 Å². The van der Waals surface area contributed by atoms with Gasteiger partial charge in [0.25, 0.3) is 0 Å². The van der Waals surface area contributed by atoms with Crippen LogP contribution in [0.2, 0.25) is 5.02 Å². The quantitative estimate of drug-likeness (QED) is 0.472. The van der Waals surface area contributed by atoms with Gasteiger partial charge in [0.2, 0.25) is 0 Å². The zero-order chi connectivity index (χ0) is 25.9. The highest BCUT2D eigenvalue weighted by Gasteiger charge is 2.27. The molecule has 36 heavy (non-hydrogen) atoms. The molecule has 0 aromatic carbocycles. The van der Waals surface area contributed by atoms with E-state index in [0.29, 0.717) is 53.3 Å². The molecule has 4 heterocycles. The third-order valence-electron chi connectivity index (χ3n) is 5.80. The normalized spacial score (nSPS) is 14.6. The highest BCUT2D eigenvalue weighted by atomic mass is 35.5. The molecule has 4 rings (SSSR count). The SMILES string of the molecule is CCOC(=O)c1cn2cc(-c3ccncc3Cl)nc(NCC3CCN(C(=O)OC(C)(C)C)CC3)c2n1. The number of ether oxygens (including phenoxy) is 2. The Morgan fingerprint density at radius 2 is 1.94 bits per heavy atom. The van der Waals surface area contributed by atoms with Crippen molar-refractivity contribution in [3.8, 4) is 11.3 Å². The molecule has 0 aliphatic carbocycles. The Balaban J connectivity index is 1.53. The number of esters is 1. The predicted molar refractivity (Wildman–Crippen MR) is 136 cm³/mol. The first-order valence-corrected chi connectivity index (χ1v) is 12.4. The van der Waals surface area contributed by atoms with E-state index < -0.39 is 11.6 Å². The van der Waals surface area contributed by atoms with Gasteiger partial charge in [-0.1, -0.05) is 11.6 Å². The van der Waals surface area contributed by atoms with Crippen molar-refractivity contribution in [3.63, 3.8) is 0 Å². The Morgan fingerprint density at radius 1 is 1.19 bits per heavy atom. The van der Waals surface area contributed by atoms with E-state index in [9.17, 15) is 9.59 Å². The average molecular weight is 515 g/mol. The number of nitrogens with one attached hydrogen (secondary N) is 1. The third-order valence-corrected chi connectivity index (χ3v) is 6.10. The first kappa shape index (κ1) is 25.7. The number of nitrogens with zero attached hydrogens (tertiary/aromatic N) is 5. The number of hydrogen-bond donors (Lipinski definition) is 1. The topological polar surface area (TPSA) is 111 Å². The van der Waals surface area contributed by atoms with Crippen molar-refractivity contribution in [2.45, 2.75) is 46.1 Å². The van der Waals surface area contributed by atoms with E-state index in [4.69, 9.17) is 26.1 Å². The van der Waals surface area contributed by atoms with Crippen LogP contribution in [0.5, 0.6) is 0 Å². The molecule has 11 heteroatoms. The Morgan fingerprint density at radius 3 is 2.61 bits per heavy atom. The van der Waals surface area contributed by atoms with Crippen LogP contribution < -0.4 is 5.32 Å². The molecule has 0 radical (unpaired) electrons. The van der Waals surface area contributed by atoms with Crippen LogP contribution in [0.4, 0.5) is 10.6 Å². The van der Waals surface area contributed by atoms with E-state index in [-0.39, 0.29) is 18.4 Å². The number of likely N-dealkylation sites (tertiary alicyclic amines) is 1. The fourth-order valence-corrected chi connectivity index (χ4v) is 4.24. The number of anilines is 1. The minimum absolute atomic E-state index is 0.199. The van der Waals surface area contributed by atoms with Crippen LogP contribution in [0.1, 0.15) is 51.0 Å². The molecule has 3 aromatic rings. The summed E-state index contributed by atoms with van der Waals surface area (Å²) in [6.45, 7) is 9.51. The van der Waals surface area contributed by atoms with E-state index in [0.717, 1.165) is 12.8 Å². The number of pyridine rings is 1. The molecule has 1 fully saturated rings. The van der Waals surface area contributed by atoms with E-state index >= 15 is 0 Å². The summed E-state index contributed by atoms with van der Waals surface area (Å²) >= 11 is 6.37. The molecule has 1 saturated heterocycles. The molecule has 10 nitrogen and oxygen atoms in total. The lowest BCUT2D eigenvalue weighted by Gasteiger charge is -2.33. The molecule has 0 unspecified atom stereocenters. The first-order valence-electron chi connectivity index (χ1n) is 12.0. The van der Waals surface area contributed by atoms with Gasteiger partial charge in [-0.2, -0.15) is 0 Å². The summed E-state index contributed by atoms with van der Waals surface area (Å²) in [5.74, 6) is 0.369. The second kappa shape index (κ2) is 10.7. The molecule has 0 atom stereocenters. The lowest BCUT2D eigenvalue weighted by atomic mass is 9.97. The minimum Gasteiger partial charge on any atom is -0.461 e. The lowest BCUT2D eigenvalue weighted by molar-refractivity contribution is 0.0187. The van der Waals surface area contributed by atoms with Gasteiger partial charge in [-0.3, -0.25) is 4.98 Å². The standard InChI is InChI=1S/C25H31ClN6O4/c1-5-35-23(33)20-15-32-14-19(17-6-9-27-13-18(17)26)29-21(22(32)30-20)28-12-16-7-10-31(11-8-16)24(34)36-25(2,3)4/h6,9,13-16H,5,7-8,10-12H2,1-4H3,(H,28,29). The largest absolute Gasteiger partial charge is 0.461 e. The summed E-state index contributed by atoms with van der Waals surface area (Å²) in [6.07, 6.45) is 8.00. The summed E-state index contributed by atoms with van der Waals surface area (Å²) in [7, 11) is 0. The van der Waals surface area contributed by atoms with Crippen molar-refractivity contribution in [3.05, 3.63) is 41.6 Å². The van der Waals surface area contributed by atoms with Crippen LogP contribution in [0.15, 0.2) is 30.9 Å². The van der Waals surface area contributed by atoms with E-state index in [1.54, 1.807) is 47.1 Å².